The Morgan fingerprint density at radius 3 is 1.97 bits per heavy atom. The molecule has 0 aliphatic heterocycles. The van der Waals surface area contributed by atoms with Crippen LogP contribution in [0.25, 0.3) is 5.57 Å². The average molecular weight is 465 g/mol. The lowest BCUT2D eigenvalue weighted by molar-refractivity contribution is -0.519. The number of allylic oxidation sites excluding steroid dienone is 5. The van der Waals surface area contributed by atoms with Gasteiger partial charge in [0, 0.05) is 30.9 Å². The molecule has 2 aromatic carbocycles. The molecule has 33 heavy (non-hydrogen) atoms. The van der Waals surface area contributed by atoms with E-state index >= 15 is 0 Å². The van der Waals surface area contributed by atoms with Crippen molar-refractivity contribution < 1.29 is 17.5 Å². The van der Waals surface area contributed by atoms with Gasteiger partial charge in [-0.25, -0.2) is 13.0 Å². The van der Waals surface area contributed by atoms with Gasteiger partial charge >= 0.3 is 0 Å². The molecule has 0 atom stereocenters. The van der Waals surface area contributed by atoms with E-state index in [2.05, 4.69) is 85.7 Å². The molecule has 6 heteroatoms. The number of hydrogen-bond acceptors (Lipinski definition) is 4. The lowest BCUT2D eigenvalue weighted by Gasteiger charge is -2.22. The van der Waals surface area contributed by atoms with Crippen molar-refractivity contribution >= 4 is 27.1 Å². The Bertz CT molecular complexity index is 1190. The van der Waals surface area contributed by atoms with Crippen LogP contribution >= 0.6 is 0 Å². The van der Waals surface area contributed by atoms with Gasteiger partial charge in [-0.3, -0.25) is 0 Å². The maximum Gasteiger partial charge on any atom is 0.199 e. The highest BCUT2D eigenvalue weighted by atomic mass is 32.2. The third kappa shape index (κ3) is 5.70. The van der Waals surface area contributed by atoms with Crippen molar-refractivity contribution in [2.75, 3.05) is 31.1 Å². The Balaban J connectivity index is 2.17. The van der Waals surface area contributed by atoms with Crippen LogP contribution in [0.2, 0.25) is 0 Å². The topological polar surface area (TPSA) is 63.5 Å². The van der Waals surface area contributed by atoms with Crippen LogP contribution in [0.4, 0.5) is 5.69 Å². The molecule has 0 heterocycles. The molecule has 1 aliphatic rings. The number of nitrogens with zero attached hydrogens (tertiary/aromatic N) is 2. The van der Waals surface area contributed by atoms with Crippen molar-refractivity contribution in [1.29, 1.82) is 0 Å². The summed E-state index contributed by atoms with van der Waals surface area (Å²) < 4.78 is 37.3. The van der Waals surface area contributed by atoms with Gasteiger partial charge in [-0.05, 0) is 86.4 Å². The van der Waals surface area contributed by atoms with Gasteiger partial charge in [-0.15, -0.1) is 0 Å². The van der Waals surface area contributed by atoms with E-state index in [1.54, 1.807) is 6.07 Å². The van der Waals surface area contributed by atoms with Crippen LogP contribution in [0.15, 0.2) is 83.3 Å². The number of rotatable bonds is 8. The summed E-state index contributed by atoms with van der Waals surface area (Å²) in [4.78, 5) is 2.05. The van der Waals surface area contributed by atoms with E-state index in [1.807, 2.05) is 6.07 Å². The first-order valence-corrected chi connectivity index (χ1v) is 12.9. The monoisotopic (exact) mass is 464 g/mol. The molecular weight excluding hydrogens is 432 g/mol. The minimum Gasteiger partial charge on any atom is -0.744 e. The molecule has 0 fully saturated rings. The van der Waals surface area contributed by atoms with E-state index in [9.17, 15) is 13.0 Å². The Labute approximate surface area is 197 Å². The van der Waals surface area contributed by atoms with Crippen molar-refractivity contribution in [1.82, 2.24) is 0 Å². The SMILES string of the molecule is CCN(CC)c1ccc(C(=C2C=CC(=[N+](CC)CC)C=C2)c2cccc(S(=O)(=O)[O-])c2)cc1. The quantitative estimate of drug-likeness (QED) is 0.414. The molecular formula is C27H32N2O3S. The standard InChI is InChI=1S/C27H32N2O3S/c1-5-28(6-2)24-16-12-21(13-17-24)27(23-10-9-11-26(20-23)33(30,31)32)22-14-18-25(19-15-22)29(7-3)8-4/h9-20H,5-8H2,1-4H3. The molecule has 0 amide bonds. The van der Waals surface area contributed by atoms with Crippen molar-refractivity contribution in [2.24, 2.45) is 0 Å². The van der Waals surface area contributed by atoms with Crippen LogP contribution in [0, 0.1) is 0 Å². The molecule has 0 radical (unpaired) electrons. The number of anilines is 1. The molecule has 0 N–H and O–H groups in total. The Morgan fingerprint density at radius 2 is 1.45 bits per heavy atom. The summed E-state index contributed by atoms with van der Waals surface area (Å²) in [7, 11) is -4.55. The van der Waals surface area contributed by atoms with E-state index in [0.29, 0.717) is 5.56 Å². The summed E-state index contributed by atoms with van der Waals surface area (Å²) >= 11 is 0. The zero-order valence-electron chi connectivity index (χ0n) is 19.8. The summed E-state index contributed by atoms with van der Waals surface area (Å²) in [6, 6.07) is 14.6. The Hall–Kier alpha value is -2.96. The molecule has 0 saturated carbocycles. The van der Waals surface area contributed by atoms with Crippen molar-refractivity contribution in [3.8, 4) is 0 Å². The predicted octanol–water partition coefficient (Wildman–Crippen LogP) is 4.86. The van der Waals surface area contributed by atoms with E-state index in [1.165, 1.54) is 12.1 Å². The van der Waals surface area contributed by atoms with Gasteiger partial charge in [0.05, 0.1) is 4.90 Å². The van der Waals surface area contributed by atoms with Crippen molar-refractivity contribution in [3.05, 3.63) is 89.5 Å². The molecule has 0 unspecified atom stereocenters. The maximum absolute atomic E-state index is 11.7. The lowest BCUT2D eigenvalue weighted by Crippen LogP contribution is -2.21. The van der Waals surface area contributed by atoms with Crippen LogP contribution in [0.5, 0.6) is 0 Å². The van der Waals surface area contributed by atoms with E-state index in [0.717, 1.165) is 54.3 Å². The van der Waals surface area contributed by atoms with Gasteiger partial charge in [0.2, 0.25) is 0 Å². The Kier molecular flexibility index (Phi) is 8.06. The highest BCUT2D eigenvalue weighted by molar-refractivity contribution is 7.85. The zero-order valence-corrected chi connectivity index (χ0v) is 20.6. The molecule has 1 aliphatic carbocycles. The van der Waals surface area contributed by atoms with Gasteiger partial charge in [0.1, 0.15) is 23.2 Å². The van der Waals surface area contributed by atoms with Gasteiger partial charge in [-0.2, -0.15) is 0 Å². The minimum atomic E-state index is -4.55. The minimum absolute atomic E-state index is 0.225. The number of hydrogen-bond donors (Lipinski definition) is 0. The summed E-state index contributed by atoms with van der Waals surface area (Å²) in [6.45, 7) is 12.2. The first-order valence-electron chi connectivity index (χ1n) is 11.5. The lowest BCUT2D eigenvalue weighted by atomic mass is 9.90. The van der Waals surface area contributed by atoms with Crippen LogP contribution in [-0.4, -0.2) is 49.4 Å². The molecule has 0 spiro atoms. The van der Waals surface area contributed by atoms with Crippen LogP contribution in [-0.2, 0) is 10.1 Å². The van der Waals surface area contributed by atoms with Crippen LogP contribution in [0.3, 0.4) is 0 Å². The van der Waals surface area contributed by atoms with Gasteiger partial charge in [0.25, 0.3) is 0 Å². The molecule has 5 nitrogen and oxygen atoms in total. The predicted molar refractivity (Wildman–Crippen MR) is 135 cm³/mol. The highest BCUT2D eigenvalue weighted by Gasteiger charge is 2.16. The third-order valence-corrected chi connectivity index (χ3v) is 6.81. The average Bonchev–Trinajstić information content (AvgIpc) is 2.82. The molecule has 0 aromatic heterocycles. The van der Waals surface area contributed by atoms with Gasteiger partial charge < -0.3 is 9.45 Å². The van der Waals surface area contributed by atoms with Gasteiger partial charge in [-0.1, -0.05) is 24.3 Å². The summed E-state index contributed by atoms with van der Waals surface area (Å²) in [5.74, 6) is 0. The summed E-state index contributed by atoms with van der Waals surface area (Å²) in [5, 5.41) is 0. The molecule has 174 valence electrons. The third-order valence-electron chi connectivity index (χ3n) is 5.98. The van der Waals surface area contributed by atoms with E-state index < -0.39 is 10.1 Å². The first kappa shape index (κ1) is 24.7. The largest absolute Gasteiger partial charge is 0.744 e. The van der Waals surface area contributed by atoms with Crippen LogP contribution in [0.1, 0.15) is 38.8 Å². The number of benzene rings is 2. The fraction of sp³-hybridized carbons (Fsp3) is 0.296. The molecule has 3 rings (SSSR count). The second-order valence-electron chi connectivity index (χ2n) is 7.80. The summed E-state index contributed by atoms with van der Waals surface area (Å²) in [5.41, 5.74) is 5.77. The highest BCUT2D eigenvalue weighted by Crippen LogP contribution is 2.32. The molecule has 2 aromatic rings. The second kappa shape index (κ2) is 10.8. The Morgan fingerprint density at radius 1 is 0.848 bits per heavy atom. The van der Waals surface area contributed by atoms with Crippen LogP contribution < -0.4 is 4.90 Å². The fourth-order valence-electron chi connectivity index (χ4n) is 4.16. The smallest absolute Gasteiger partial charge is 0.199 e. The molecule has 0 saturated heterocycles. The fourth-order valence-corrected chi connectivity index (χ4v) is 4.68. The summed E-state index contributed by atoms with van der Waals surface area (Å²) in [6.07, 6.45) is 8.28. The van der Waals surface area contributed by atoms with Gasteiger partial charge in [0.15, 0.2) is 5.71 Å². The van der Waals surface area contributed by atoms with E-state index in [4.69, 9.17) is 0 Å². The zero-order chi connectivity index (χ0) is 24.0. The second-order valence-corrected chi connectivity index (χ2v) is 9.17. The first-order chi connectivity index (χ1) is 15.8. The van der Waals surface area contributed by atoms with Crippen molar-refractivity contribution in [3.63, 3.8) is 0 Å². The maximum atomic E-state index is 11.7. The van der Waals surface area contributed by atoms with Crippen molar-refractivity contribution in [2.45, 2.75) is 32.6 Å². The normalized spacial score (nSPS) is 13.4. The van der Waals surface area contributed by atoms with E-state index in [-0.39, 0.29) is 4.90 Å². The molecule has 0 bridgehead atoms.